The van der Waals surface area contributed by atoms with Gasteiger partial charge < -0.3 is 14.9 Å². The van der Waals surface area contributed by atoms with Crippen LogP contribution in [0.25, 0.3) is 0 Å². The van der Waals surface area contributed by atoms with Gasteiger partial charge >= 0.3 is 5.97 Å². The molecule has 0 unspecified atom stereocenters. The second-order valence-electron chi connectivity index (χ2n) is 4.46. The summed E-state index contributed by atoms with van der Waals surface area (Å²) in [6.07, 6.45) is -0.156. The van der Waals surface area contributed by atoms with Crippen LogP contribution in [0.4, 0.5) is 0 Å². The summed E-state index contributed by atoms with van der Waals surface area (Å²) in [5.74, 6) is -0.903. The highest BCUT2D eigenvalue weighted by atomic mass is 16.5. The minimum absolute atomic E-state index is 0.0223. The molecule has 0 amide bonds. The van der Waals surface area contributed by atoms with Gasteiger partial charge in [0.25, 0.3) is 0 Å². The number of likely N-dealkylation sites (N-methyl/N-ethyl adjacent to an activating group) is 1. The zero-order valence-corrected chi connectivity index (χ0v) is 8.96. The van der Waals surface area contributed by atoms with Gasteiger partial charge in [0, 0.05) is 12.1 Å². The molecular formula is C10H17NO4. The summed E-state index contributed by atoms with van der Waals surface area (Å²) >= 11 is 0. The topological polar surface area (TPSA) is 70.0 Å². The highest BCUT2D eigenvalue weighted by Gasteiger charge is 2.52. The van der Waals surface area contributed by atoms with Crippen LogP contribution >= 0.6 is 0 Å². The maximum atomic E-state index is 11.5. The van der Waals surface area contributed by atoms with Crippen molar-refractivity contribution >= 4 is 5.97 Å². The van der Waals surface area contributed by atoms with Crippen LogP contribution in [0.2, 0.25) is 0 Å². The van der Waals surface area contributed by atoms with E-state index in [0.29, 0.717) is 12.8 Å². The van der Waals surface area contributed by atoms with Gasteiger partial charge in [0.15, 0.2) is 0 Å². The predicted molar refractivity (Wildman–Crippen MR) is 52.1 cm³/mol. The first-order valence-electron chi connectivity index (χ1n) is 5.22. The second kappa shape index (κ2) is 3.73. The largest absolute Gasteiger partial charge is 0.469 e. The van der Waals surface area contributed by atoms with Gasteiger partial charge in [-0.3, -0.25) is 9.69 Å². The summed E-state index contributed by atoms with van der Waals surface area (Å²) in [6, 6.07) is -0.118. The lowest BCUT2D eigenvalue weighted by Crippen LogP contribution is -2.53. The number of aliphatic hydroxyl groups excluding tert-OH is 2. The van der Waals surface area contributed by atoms with E-state index < -0.39 is 18.1 Å². The molecule has 2 fully saturated rings. The number of fused-ring (bicyclic) bond motifs is 2. The molecule has 2 saturated heterocycles. The first-order chi connectivity index (χ1) is 7.06. The van der Waals surface area contributed by atoms with E-state index in [0.717, 1.165) is 0 Å². The fourth-order valence-corrected chi connectivity index (χ4v) is 2.91. The van der Waals surface area contributed by atoms with Gasteiger partial charge in [0.1, 0.15) is 0 Å². The van der Waals surface area contributed by atoms with E-state index in [4.69, 9.17) is 0 Å². The Morgan fingerprint density at radius 3 is 2.47 bits per heavy atom. The van der Waals surface area contributed by atoms with E-state index in [9.17, 15) is 15.0 Å². The van der Waals surface area contributed by atoms with Crippen molar-refractivity contribution in [2.75, 3.05) is 14.2 Å². The number of rotatable bonds is 1. The van der Waals surface area contributed by atoms with Crippen molar-refractivity contribution in [3.05, 3.63) is 0 Å². The van der Waals surface area contributed by atoms with Crippen molar-refractivity contribution in [2.45, 2.75) is 37.1 Å². The number of hydrogen-bond donors (Lipinski definition) is 2. The summed E-state index contributed by atoms with van der Waals surface area (Å²) in [7, 11) is 3.21. The van der Waals surface area contributed by atoms with Crippen LogP contribution in [0, 0.1) is 5.92 Å². The number of piperidine rings is 1. The van der Waals surface area contributed by atoms with Gasteiger partial charge in [0.05, 0.1) is 25.2 Å². The number of esters is 1. The molecule has 0 aromatic carbocycles. The summed E-state index contributed by atoms with van der Waals surface area (Å²) in [6.45, 7) is 0. The fourth-order valence-electron chi connectivity index (χ4n) is 2.91. The van der Waals surface area contributed by atoms with E-state index in [-0.39, 0.29) is 18.1 Å². The minimum Gasteiger partial charge on any atom is -0.469 e. The van der Waals surface area contributed by atoms with Gasteiger partial charge in [-0.15, -0.1) is 0 Å². The minimum atomic E-state index is -0.694. The van der Waals surface area contributed by atoms with E-state index in [1.54, 1.807) is 0 Å². The monoisotopic (exact) mass is 215 g/mol. The average molecular weight is 215 g/mol. The lowest BCUT2D eigenvalue weighted by molar-refractivity contribution is -0.155. The molecule has 2 N–H and O–H groups in total. The number of hydrogen-bond acceptors (Lipinski definition) is 5. The Kier molecular flexibility index (Phi) is 2.70. The van der Waals surface area contributed by atoms with E-state index in [1.165, 1.54) is 7.11 Å². The Morgan fingerprint density at radius 2 is 1.87 bits per heavy atom. The predicted octanol–water partition coefficient (Wildman–Crippen LogP) is -1.03. The number of nitrogens with zero attached hydrogens (tertiary/aromatic N) is 1. The van der Waals surface area contributed by atoms with Crippen molar-refractivity contribution in [3.63, 3.8) is 0 Å². The smallest absolute Gasteiger partial charge is 0.312 e. The zero-order chi connectivity index (χ0) is 11.2. The SMILES string of the molecule is COC(=O)[C@H]1[C@H](O)C[C@@H]2[C@@H](O)C[C@H]1N2C. The molecule has 0 spiro atoms. The van der Waals surface area contributed by atoms with Crippen LogP contribution in [0.1, 0.15) is 12.8 Å². The van der Waals surface area contributed by atoms with Gasteiger partial charge in [-0.1, -0.05) is 0 Å². The molecule has 15 heavy (non-hydrogen) atoms. The highest BCUT2D eigenvalue weighted by molar-refractivity contribution is 5.74. The Labute approximate surface area is 88.6 Å². The average Bonchev–Trinajstić information content (AvgIpc) is 2.39. The van der Waals surface area contributed by atoms with Crippen molar-refractivity contribution in [3.8, 4) is 0 Å². The Morgan fingerprint density at radius 1 is 1.27 bits per heavy atom. The van der Waals surface area contributed by atoms with Crippen LogP contribution in [0.15, 0.2) is 0 Å². The molecule has 5 atom stereocenters. The molecule has 0 aromatic heterocycles. The van der Waals surface area contributed by atoms with Gasteiger partial charge in [-0.05, 0) is 19.9 Å². The number of ether oxygens (including phenoxy) is 1. The third-order valence-corrected chi connectivity index (χ3v) is 3.76. The number of aliphatic hydroxyl groups is 2. The van der Waals surface area contributed by atoms with E-state index in [2.05, 4.69) is 4.74 Å². The molecule has 2 aliphatic rings. The highest BCUT2D eigenvalue weighted by Crippen LogP contribution is 2.38. The lowest BCUT2D eigenvalue weighted by atomic mass is 9.88. The normalized spacial score (nSPS) is 45.5. The molecule has 0 radical (unpaired) electrons. The molecule has 5 heteroatoms. The van der Waals surface area contributed by atoms with Crippen LogP contribution in [0.5, 0.6) is 0 Å². The lowest BCUT2D eigenvalue weighted by Gasteiger charge is -2.39. The van der Waals surface area contributed by atoms with Crippen LogP contribution in [0.3, 0.4) is 0 Å². The Bertz CT molecular complexity index is 270. The number of carbonyl (C=O) groups excluding carboxylic acids is 1. The fraction of sp³-hybridized carbons (Fsp3) is 0.900. The molecule has 5 nitrogen and oxygen atoms in total. The molecule has 86 valence electrons. The van der Waals surface area contributed by atoms with E-state index >= 15 is 0 Å². The quantitative estimate of drug-likeness (QED) is 0.548. The van der Waals surface area contributed by atoms with Crippen LogP contribution < -0.4 is 0 Å². The van der Waals surface area contributed by atoms with Crippen molar-refractivity contribution in [1.82, 2.24) is 4.90 Å². The van der Waals surface area contributed by atoms with Crippen molar-refractivity contribution in [2.24, 2.45) is 5.92 Å². The number of methoxy groups -OCH3 is 1. The molecule has 2 bridgehead atoms. The van der Waals surface area contributed by atoms with Gasteiger partial charge in [0.2, 0.25) is 0 Å². The third kappa shape index (κ3) is 1.55. The molecular weight excluding hydrogens is 198 g/mol. The summed E-state index contributed by atoms with van der Waals surface area (Å²) in [5, 5.41) is 19.6. The van der Waals surface area contributed by atoms with Crippen LogP contribution in [-0.2, 0) is 9.53 Å². The maximum absolute atomic E-state index is 11.5. The van der Waals surface area contributed by atoms with E-state index in [1.807, 2.05) is 11.9 Å². The summed E-state index contributed by atoms with van der Waals surface area (Å²) < 4.78 is 4.69. The molecule has 0 aromatic rings. The second-order valence-corrected chi connectivity index (χ2v) is 4.46. The maximum Gasteiger partial charge on any atom is 0.312 e. The Balaban J connectivity index is 2.22. The van der Waals surface area contributed by atoms with Gasteiger partial charge in [-0.2, -0.15) is 0 Å². The first kappa shape index (κ1) is 10.9. The molecule has 2 aliphatic heterocycles. The standard InChI is InChI=1S/C10H17NO4/c1-11-5-3-8(13)9(10(14)15-2)6(11)4-7(5)12/h5-9,12-13H,3-4H2,1-2H3/t5-,6-,7+,8-,9-/m1/s1. The summed E-state index contributed by atoms with van der Waals surface area (Å²) in [5.41, 5.74) is 0. The van der Waals surface area contributed by atoms with Gasteiger partial charge in [-0.25, -0.2) is 0 Å². The summed E-state index contributed by atoms with van der Waals surface area (Å²) in [4.78, 5) is 13.5. The van der Waals surface area contributed by atoms with Crippen molar-refractivity contribution < 1.29 is 19.7 Å². The molecule has 2 rings (SSSR count). The molecule has 2 heterocycles. The molecule has 0 saturated carbocycles. The van der Waals surface area contributed by atoms with Crippen LogP contribution in [-0.4, -0.2) is 59.5 Å². The van der Waals surface area contributed by atoms with Crippen molar-refractivity contribution in [1.29, 1.82) is 0 Å². The zero-order valence-electron chi connectivity index (χ0n) is 8.96. The molecule has 0 aliphatic carbocycles. The number of carbonyl (C=O) groups is 1. The first-order valence-corrected chi connectivity index (χ1v) is 5.22. The Hall–Kier alpha value is -0.650. The third-order valence-electron chi connectivity index (χ3n) is 3.76.